The van der Waals surface area contributed by atoms with Crippen LogP contribution >= 0.6 is 0 Å². The van der Waals surface area contributed by atoms with E-state index in [1.165, 1.54) is 17.7 Å². The molecule has 0 bridgehead atoms. The number of alkyl halides is 2. The van der Waals surface area contributed by atoms with Crippen molar-refractivity contribution in [1.82, 2.24) is 29.8 Å². The van der Waals surface area contributed by atoms with Crippen molar-refractivity contribution in [3.05, 3.63) is 201 Å². The van der Waals surface area contributed by atoms with Gasteiger partial charge in [-0.15, -0.1) is 0 Å². The second-order valence-electron chi connectivity index (χ2n) is 26.0. The Labute approximate surface area is 482 Å². The summed E-state index contributed by atoms with van der Waals surface area (Å²) in [5, 5.41) is 12.3. The van der Waals surface area contributed by atoms with Crippen LogP contribution in [0.5, 0.6) is 11.8 Å². The summed E-state index contributed by atoms with van der Waals surface area (Å²) in [6.45, 7) is 38.4. The number of aryl methyl sites for hydroxylation is 1. The molecule has 12 nitrogen and oxygen atoms in total. The van der Waals surface area contributed by atoms with Crippen LogP contribution in [0.3, 0.4) is 0 Å². The first kappa shape index (κ1) is 67.9. The molecule has 0 saturated carbocycles. The Morgan fingerprint density at radius 1 is 0.580 bits per heavy atom. The Morgan fingerprint density at radius 2 is 1.10 bits per heavy atom. The molecular weight excluding hydrogens is 1020 g/mol. The summed E-state index contributed by atoms with van der Waals surface area (Å²) in [6.07, 6.45) is 2.95. The van der Waals surface area contributed by atoms with Gasteiger partial charge >= 0.3 is 6.61 Å². The maximum atomic E-state index is 12.3. The molecular formula is C67H91F2N7O5. The van der Waals surface area contributed by atoms with E-state index in [0.717, 1.165) is 64.0 Å². The van der Waals surface area contributed by atoms with Crippen LogP contribution in [0.1, 0.15) is 181 Å². The number of pyridine rings is 6. The largest absolute Gasteiger partial charge is 0.618 e. The third-order valence-corrected chi connectivity index (χ3v) is 12.3. The minimum Gasteiger partial charge on any atom is -0.618 e. The van der Waals surface area contributed by atoms with E-state index in [2.05, 4.69) is 132 Å². The lowest BCUT2D eigenvalue weighted by Gasteiger charge is -2.30. The van der Waals surface area contributed by atoms with Gasteiger partial charge in [0.1, 0.15) is 5.69 Å². The number of methoxy groups -OCH3 is 1. The number of aromatic amines is 1. The van der Waals surface area contributed by atoms with Gasteiger partial charge in [0, 0.05) is 110 Å². The van der Waals surface area contributed by atoms with Crippen molar-refractivity contribution in [2.24, 2.45) is 0 Å². The first-order valence-electron chi connectivity index (χ1n) is 27.5. The van der Waals surface area contributed by atoms with Gasteiger partial charge in [-0.05, 0) is 79.6 Å². The van der Waals surface area contributed by atoms with Crippen LogP contribution in [-0.4, -0.2) is 62.5 Å². The number of carbonyl (C=O) groups excluding carboxylic acids is 1. The Bertz CT molecular complexity index is 3080. The molecule has 0 spiro atoms. The van der Waals surface area contributed by atoms with Crippen molar-refractivity contribution in [3.63, 3.8) is 0 Å². The molecule has 0 aliphatic carbocycles. The Hall–Kier alpha value is -7.35. The van der Waals surface area contributed by atoms with Crippen LogP contribution < -0.4 is 19.8 Å². The van der Waals surface area contributed by atoms with Gasteiger partial charge in [0.25, 0.3) is 5.91 Å². The maximum absolute atomic E-state index is 12.3. The highest BCUT2D eigenvalue weighted by Crippen LogP contribution is 2.26. The molecule has 438 valence electrons. The summed E-state index contributed by atoms with van der Waals surface area (Å²) < 4.78 is 34.1. The third kappa shape index (κ3) is 23.3. The Balaban J connectivity index is 0.000000257. The fourth-order valence-electron chi connectivity index (χ4n) is 7.33. The van der Waals surface area contributed by atoms with Gasteiger partial charge in [-0.1, -0.05) is 167 Å². The molecule has 1 aliphatic rings. The van der Waals surface area contributed by atoms with Gasteiger partial charge in [-0.2, -0.15) is 13.5 Å². The highest BCUT2D eigenvalue weighted by Gasteiger charge is 2.26. The number of hydrogen-bond acceptors (Lipinski definition) is 9. The van der Waals surface area contributed by atoms with E-state index < -0.39 is 6.61 Å². The van der Waals surface area contributed by atoms with E-state index in [4.69, 9.17) is 4.74 Å². The van der Waals surface area contributed by atoms with Crippen LogP contribution in [-0.2, 0) is 32.5 Å². The van der Waals surface area contributed by atoms with Crippen LogP contribution in [0, 0.1) is 12.1 Å². The molecule has 1 aliphatic heterocycles. The third-order valence-electron chi connectivity index (χ3n) is 12.3. The molecule has 0 atom stereocenters. The molecule has 7 heterocycles. The lowest BCUT2D eigenvalue weighted by atomic mass is 9.91. The summed E-state index contributed by atoms with van der Waals surface area (Å²) in [7, 11) is 1.65. The predicted molar refractivity (Wildman–Crippen MR) is 325 cm³/mol. The summed E-state index contributed by atoms with van der Waals surface area (Å²) in [6, 6.07) is 41.3. The number of carbonyl (C=O) groups is 1. The first-order valence-corrected chi connectivity index (χ1v) is 27.5. The van der Waals surface area contributed by atoms with Crippen LogP contribution in [0.4, 0.5) is 8.78 Å². The summed E-state index contributed by atoms with van der Waals surface area (Å²) >= 11 is 0. The lowest BCUT2D eigenvalue weighted by molar-refractivity contribution is -0.606. The average molecular weight is 1110 g/mol. The van der Waals surface area contributed by atoms with Gasteiger partial charge in [-0.25, -0.2) is 15.0 Å². The van der Waals surface area contributed by atoms with Gasteiger partial charge in [0.15, 0.2) is 5.69 Å². The number of halogens is 2. The molecule has 6 aromatic heterocycles. The molecule has 7 aromatic rings. The van der Waals surface area contributed by atoms with Gasteiger partial charge in [0.05, 0.1) is 12.8 Å². The van der Waals surface area contributed by atoms with Gasteiger partial charge in [-0.3, -0.25) is 14.6 Å². The first-order chi connectivity index (χ1) is 37.4. The molecule has 81 heavy (non-hydrogen) atoms. The number of likely N-dealkylation sites (tertiary alicyclic amines) is 1. The molecule has 1 fully saturated rings. The van der Waals surface area contributed by atoms with Gasteiger partial charge < -0.3 is 24.6 Å². The normalized spacial score (nSPS) is 12.4. The number of nitrogens with one attached hydrogen (secondary N) is 1. The zero-order valence-corrected chi connectivity index (χ0v) is 52.0. The zero-order valence-electron chi connectivity index (χ0n) is 52.0. The molecule has 1 aromatic carbocycles. The molecule has 0 unspecified atom stereocenters. The van der Waals surface area contributed by atoms with Crippen molar-refractivity contribution >= 4 is 5.91 Å². The fraction of sp³-hybridized carbons (Fsp3) is 0.448. The van der Waals surface area contributed by atoms with Crippen LogP contribution in [0.15, 0.2) is 144 Å². The molecule has 0 radical (unpaired) electrons. The highest BCUT2D eigenvalue weighted by atomic mass is 19.3. The number of ether oxygens (including phenoxy) is 2. The maximum Gasteiger partial charge on any atom is 0.388 e. The Morgan fingerprint density at radius 3 is 1.56 bits per heavy atom. The number of rotatable bonds is 5. The Kier molecular flexibility index (Phi) is 24.6. The standard InChI is InChI=1S/C15H17NO.C13H18N2O.C11H17NO.C10H13F2NO.C9H13NO.C9H13N/c1-15(2,3)14-11-7-10-13(16(14)17)12-8-5-4-6-9-12;1-13(2,3)11-7-4-6-10(14-11)12(16)15-8-5-9-15;1-8-6-9(11(2,3)4)12-10(7-8)13-5;1-10(2,3)7-5-4-6-8(13-7)14-9(11)12;1-9(2,3)7-5-4-6-8(11)10-7;1-9(2,3)8-6-4-5-7-10-8/h4-11H,1-3H3;4,6-7H,5,8-9H2,1-3H3;6-7H,1-5H3;4-6,9H,1-3H3;4-6H,1-3H3,(H,10,11);4-7H,1-3H3. The van der Waals surface area contributed by atoms with E-state index in [0.29, 0.717) is 17.3 Å². The summed E-state index contributed by atoms with van der Waals surface area (Å²) in [4.78, 5) is 44.6. The van der Waals surface area contributed by atoms with Crippen molar-refractivity contribution < 1.29 is 27.8 Å². The predicted octanol–water partition coefficient (Wildman–Crippen LogP) is 15.2. The lowest BCUT2D eigenvalue weighted by Crippen LogP contribution is -2.42. The number of aromatic nitrogens is 6. The molecule has 8 rings (SSSR count). The van der Waals surface area contributed by atoms with Crippen molar-refractivity contribution in [2.45, 2.75) is 177 Å². The zero-order chi connectivity index (χ0) is 61.1. The van der Waals surface area contributed by atoms with Crippen molar-refractivity contribution in [2.75, 3.05) is 20.2 Å². The van der Waals surface area contributed by atoms with Crippen LogP contribution in [0.2, 0.25) is 0 Å². The average Bonchev–Trinajstić information content (AvgIpc) is 3.36. The van der Waals surface area contributed by atoms with E-state index in [1.54, 1.807) is 31.4 Å². The molecule has 14 heteroatoms. The van der Waals surface area contributed by atoms with E-state index in [1.807, 2.05) is 138 Å². The molecule has 1 saturated heterocycles. The quantitative estimate of drug-likeness (QED) is 0.131. The topological polar surface area (TPSA) is 150 Å². The number of benzene rings is 1. The van der Waals surface area contributed by atoms with E-state index in [-0.39, 0.29) is 49.8 Å². The number of hydrogen-bond donors (Lipinski definition) is 1. The summed E-state index contributed by atoms with van der Waals surface area (Å²) in [5.41, 5.74) is 9.06. The number of H-pyrrole nitrogens is 1. The summed E-state index contributed by atoms with van der Waals surface area (Å²) in [5.74, 6) is 0.731. The van der Waals surface area contributed by atoms with Crippen molar-refractivity contribution in [1.29, 1.82) is 0 Å². The number of nitrogens with zero attached hydrogens (tertiary/aromatic N) is 6. The van der Waals surface area contributed by atoms with Crippen molar-refractivity contribution in [3.8, 4) is 23.0 Å². The number of amides is 1. The smallest absolute Gasteiger partial charge is 0.388 e. The minimum absolute atomic E-state index is 0.00869. The second-order valence-corrected chi connectivity index (χ2v) is 26.0. The van der Waals surface area contributed by atoms with Crippen LogP contribution in [0.25, 0.3) is 11.3 Å². The van der Waals surface area contributed by atoms with Gasteiger partial charge in [0.2, 0.25) is 23.0 Å². The van der Waals surface area contributed by atoms with E-state index >= 15 is 0 Å². The van der Waals surface area contributed by atoms with E-state index in [9.17, 15) is 23.6 Å². The molecule has 1 N–H and O–H groups in total. The second kappa shape index (κ2) is 29.4. The fourth-order valence-corrected chi connectivity index (χ4v) is 7.33. The SMILES string of the molecule is CC(C)(C)c1cccc(-c2ccccc2)[n+]1[O-].CC(C)(C)c1cccc(=O)[nH]1.CC(C)(C)c1cccc(C(=O)N2CCC2)n1.CC(C)(C)c1cccc(OC(F)F)n1.CC(C)(C)c1ccccn1.COc1cc(C)cc(C(C)(C)C)n1. The molecule has 1 amide bonds. The highest BCUT2D eigenvalue weighted by molar-refractivity contribution is 5.92. The monoisotopic (exact) mass is 1110 g/mol. The minimum atomic E-state index is -2.82.